The van der Waals surface area contributed by atoms with Crippen LogP contribution in [0.2, 0.25) is 0 Å². The number of hydrogen-bond acceptors (Lipinski definition) is 2. The Morgan fingerprint density at radius 2 is 1.91 bits per heavy atom. The van der Waals surface area contributed by atoms with Gasteiger partial charge in [0.05, 0.1) is 0 Å². The summed E-state index contributed by atoms with van der Waals surface area (Å²) in [5, 5.41) is 9.28. The smallest absolute Gasteiger partial charge is 0.0499 e. The van der Waals surface area contributed by atoms with Gasteiger partial charge in [0.2, 0.25) is 0 Å². The van der Waals surface area contributed by atoms with Gasteiger partial charge in [-0.05, 0) is 24.7 Å². The Kier molecular flexibility index (Phi) is 1.06. The first kappa shape index (κ1) is 6.44. The van der Waals surface area contributed by atoms with Crippen molar-refractivity contribution in [1.82, 2.24) is 4.90 Å². The molecule has 1 saturated carbocycles. The third-order valence-corrected chi connectivity index (χ3v) is 3.94. The second-order valence-corrected chi connectivity index (χ2v) is 4.78. The summed E-state index contributed by atoms with van der Waals surface area (Å²) in [6, 6.07) is 0. The van der Waals surface area contributed by atoms with Crippen LogP contribution >= 0.6 is 0 Å². The van der Waals surface area contributed by atoms with Crippen LogP contribution in [-0.4, -0.2) is 36.2 Å². The summed E-state index contributed by atoms with van der Waals surface area (Å²) >= 11 is 0. The summed E-state index contributed by atoms with van der Waals surface area (Å²) in [7, 11) is 0. The van der Waals surface area contributed by atoms with E-state index in [-0.39, 0.29) is 0 Å². The zero-order chi connectivity index (χ0) is 7.47. The lowest BCUT2D eigenvalue weighted by Crippen LogP contribution is -2.44. The molecule has 4 atom stereocenters. The summed E-state index contributed by atoms with van der Waals surface area (Å²) in [6.07, 6.45) is 2.62. The lowest BCUT2D eigenvalue weighted by Gasteiger charge is -2.38. The van der Waals surface area contributed by atoms with Gasteiger partial charge in [0.1, 0.15) is 0 Å². The Labute approximate surface area is 67.2 Å². The number of aliphatic hydroxyl groups is 1. The van der Waals surface area contributed by atoms with E-state index >= 15 is 0 Å². The van der Waals surface area contributed by atoms with Crippen molar-refractivity contribution >= 4 is 0 Å². The van der Waals surface area contributed by atoms with Gasteiger partial charge in [0, 0.05) is 31.7 Å². The van der Waals surface area contributed by atoms with Crippen molar-refractivity contribution < 1.29 is 5.11 Å². The molecule has 3 heterocycles. The highest BCUT2D eigenvalue weighted by molar-refractivity contribution is 5.06. The normalized spacial score (nSPS) is 59.2. The molecule has 0 amide bonds. The molecule has 0 aromatic heterocycles. The molecule has 0 radical (unpaired) electrons. The molecule has 4 fully saturated rings. The minimum absolute atomic E-state index is 0.339. The first-order valence-electron chi connectivity index (χ1n) is 4.65. The molecular formula is C9H15NO. The maximum absolute atomic E-state index is 9.28. The molecule has 0 aromatic rings. The van der Waals surface area contributed by atoms with Crippen molar-refractivity contribution in [1.29, 1.82) is 0 Å². The van der Waals surface area contributed by atoms with E-state index < -0.39 is 0 Å². The fraction of sp³-hybridized carbons (Fsp3) is 1.00. The molecule has 0 aromatic carbocycles. The number of hydrogen-bond donors (Lipinski definition) is 1. The van der Waals surface area contributed by atoms with E-state index in [1.165, 1.54) is 32.5 Å². The van der Waals surface area contributed by atoms with Crippen LogP contribution in [0.1, 0.15) is 12.8 Å². The van der Waals surface area contributed by atoms with E-state index in [0.29, 0.717) is 12.0 Å². The van der Waals surface area contributed by atoms with Crippen molar-refractivity contribution in [2.24, 2.45) is 17.3 Å². The minimum Gasteiger partial charge on any atom is -0.396 e. The van der Waals surface area contributed by atoms with Crippen molar-refractivity contribution in [2.45, 2.75) is 12.8 Å². The van der Waals surface area contributed by atoms with E-state index in [1.807, 2.05) is 0 Å². The van der Waals surface area contributed by atoms with Gasteiger partial charge in [-0.25, -0.2) is 0 Å². The van der Waals surface area contributed by atoms with E-state index in [9.17, 15) is 5.11 Å². The lowest BCUT2D eigenvalue weighted by atomic mass is 9.82. The third kappa shape index (κ3) is 0.695. The zero-order valence-corrected chi connectivity index (χ0v) is 6.79. The first-order valence-corrected chi connectivity index (χ1v) is 4.65. The summed E-state index contributed by atoms with van der Waals surface area (Å²) in [5.41, 5.74) is 0.339. The van der Waals surface area contributed by atoms with Crippen LogP contribution in [0.4, 0.5) is 0 Å². The SMILES string of the molecule is OCC12C[C@H]3CN(C[C@H]3C1)C2. The molecule has 0 spiro atoms. The average molecular weight is 153 g/mol. The molecule has 2 heteroatoms. The average Bonchev–Trinajstić information content (AvgIpc) is 2.40. The molecule has 3 saturated heterocycles. The van der Waals surface area contributed by atoms with Gasteiger partial charge in [-0.15, -0.1) is 0 Å². The predicted molar refractivity (Wildman–Crippen MR) is 42.2 cm³/mol. The van der Waals surface area contributed by atoms with E-state index in [0.717, 1.165) is 11.8 Å². The third-order valence-electron chi connectivity index (χ3n) is 3.94. The highest BCUT2D eigenvalue weighted by Crippen LogP contribution is 2.54. The molecule has 4 bridgehead atoms. The Morgan fingerprint density at radius 1 is 1.27 bits per heavy atom. The fourth-order valence-electron chi connectivity index (χ4n) is 3.61. The molecule has 1 N–H and O–H groups in total. The molecular weight excluding hydrogens is 138 g/mol. The van der Waals surface area contributed by atoms with Crippen LogP contribution in [0.25, 0.3) is 0 Å². The fourth-order valence-corrected chi connectivity index (χ4v) is 3.61. The van der Waals surface area contributed by atoms with Gasteiger partial charge in [-0.2, -0.15) is 0 Å². The van der Waals surface area contributed by atoms with Gasteiger partial charge in [0.15, 0.2) is 0 Å². The quantitative estimate of drug-likeness (QED) is 0.586. The molecule has 4 rings (SSSR count). The van der Waals surface area contributed by atoms with Gasteiger partial charge in [0.25, 0.3) is 0 Å². The monoisotopic (exact) mass is 153 g/mol. The van der Waals surface area contributed by atoms with Gasteiger partial charge >= 0.3 is 0 Å². The lowest BCUT2D eigenvalue weighted by molar-refractivity contribution is 0.0400. The zero-order valence-electron chi connectivity index (χ0n) is 6.79. The number of piperidine rings is 2. The topological polar surface area (TPSA) is 23.5 Å². The summed E-state index contributed by atoms with van der Waals surface area (Å²) < 4.78 is 0. The maximum atomic E-state index is 9.28. The van der Waals surface area contributed by atoms with Gasteiger partial charge in [-0.1, -0.05) is 0 Å². The van der Waals surface area contributed by atoms with E-state index in [4.69, 9.17) is 0 Å². The van der Waals surface area contributed by atoms with E-state index in [2.05, 4.69) is 4.90 Å². The van der Waals surface area contributed by atoms with Crippen molar-refractivity contribution in [3.05, 3.63) is 0 Å². The molecule has 1 aliphatic carbocycles. The second kappa shape index (κ2) is 1.80. The van der Waals surface area contributed by atoms with Crippen LogP contribution in [0, 0.1) is 17.3 Å². The van der Waals surface area contributed by atoms with Crippen LogP contribution in [0.5, 0.6) is 0 Å². The number of aliphatic hydroxyl groups excluding tert-OH is 1. The molecule has 4 aliphatic rings. The van der Waals surface area contributed by atoms with Crippen LogP contribution in [0.3, 0.4) is 0 Å². The van der Waals surface area contributed by atoms with Crippen LogP contribution in [-0.2, 0) is 0 Å². The highest BCUT2D eigenvalue weighted by Gasteiger charge is 2.54. The molecule has 2 unspecified atom stereocenters. The van der Waals surface area contributed by atoms with Gasteiger partial charge in [-0.3, -0.25) is 0 Å². The number of nitrogens with zero attached hydrogens (tertiary/aromatic N) is 1. The Hall–Kier alpha value is -0.0800. The van der Waals surface area contributed by atoms with Crippen molar-refractivity contribution in [3.8, 4) is 0 Å². The summed E-state index contributed by atoms with van der Waals surface area (Å²) in [4.78, 5) is 2.54. The summed E-state index contributed by atoms with van der Waals surface area (Å²) in [6.45, 7) is 4.26. The largest absolute Gasteiger partial charge is 0.396 e. The second-order valence-electron chi connectivity index (χ2n) is 4.78. The highest BCUT2D eigenvalue weighted by atomic mass is 16.3. The molecule has 11 heavy (non-hydrogen) atoms. The van der Waals surface area contributed by atoms with Crippen LogP contribution < -0.4 is 0 Å². The minimum atomic E-state index is 0.339. The van der Waals surface area contributed by atoms with Crippen molar-refractivity contribution in [3.63, 3.8) is 0 Å². The molecule has 2 nitrogen and oxygen atoms in total. The first-order chi connectivity index (χ1) is 5.31. The standard InChI is InChI=1S/C9H15NO/c11-6-9-1-7-3-10(5-9)4-8(7)2-9/h7-8,11H,1-6H2/t7-,8+,9?. The van der Waals surface area contributed by atoms with Crippen LogP contribution in [0.15, 0.2) is 0 Å². The predicted octanol–water partition coefficient (Wildman–Crippen LogP) is 0.321. The Morgan fingerprint density at radius 3 is 2.36 bits per heavy atom. The Bertz CT molecular complexity index is 172. The molecule has 3 aliphatic heterocycles. The van der Waals surface area contributed by atoms with Gasteiger partial charge < -0.3 is 10.0 Å². The maximum Gasteiger partial charge on any atom is 0.0499 e. The van der Waals surface area contributed by atoms with E-state index in [1.54, 1.807) is 0 Å². The van der Waals surface area contributed by atoms with Crippen molar-refractivity contribution in [2.75, 3.05) is 26.2 Å². The Balaban J connectivity index is 1.94. The summed E-state index contributed by atoms with van der Waals surface area (Å²) in [5.74, 6) is 1.88. The number of rotatable bonds is 1. The molecule has 62 valence electrons.